The van der Waals surface area contributed by atoms with Gasteiger partial charge in [-0.05, 0) is 143 Å². The molecule has 3 aromatic carbocycles. The number of alkyl halides is 3. The number of carbonyl (C=O) groups is 8. The highest BCUT2D eigenvalue weighted by Gasteiger charge is 2.38. The number of nitrogens with two attached hydrogens (primary N) is 1. The molecule has 119 heavy (non-hydrogen) atoms. The number of nitrogen functional groups attached to an aromatic ring is 1. The zero-order chi connectivity index (χ0) is 87.0. The lowest BCUT2D eigenvalue weighted by Gasteiger charge is -2.27. The summed E-state index contributed by atoms with van der Waals surface area (Å²) in [4.78, 5) is 121. The second kappa shape index (κ2) is 53.6. The molecule has 3 aromatic rings. The van der Waals surface area contributed by atoms with Gasteiger partial charge in [0, 0.05) is 186 Å². The van der Waals surface area contributed by atoms with Gasteiger partial charge >= 0.3 is 41.8 Å². The predicted molar refractivity (Wildman–Crippen MR) is 463 cm³/mol. The molecular weight excluding hydrogens is 1600 g/mol. The first-order chi connectivity index (χ1) is 54.8. The van der Waals surface area contributed by atoms with Crippen molar-refractivity contribution in [1.82, 2.24) is 44.5 Å². The number of carbonyl (C=O) groups excluding carboxylic acids is 5. The summed E-state index contributed by atoms with van der Waals surface area (Å²) < 4.78 is 50.4. The number of benzene rings is 3. The van der Waals surface area contributed by atoms with Crippen LogP contribution < -0.4 is 11.1 Å². The Morgan fingerprint density at radius 1 is 0.445 bits per heavy atom. The highest BCUT2D eigenvalue weighted by molar-refractivity contribution is 9.08. The number of nitro benzene ring substituents is 1. The van der Waals surface area contributed by atoms with Crippen molar-refractivity contribution in [3.63, 3.8) is 0 Å². The molecule has 28 nitrogen and oxygen atoms in total. The van der Waals surface area contributed by atoms with Crippen molar-refractivity contribution < 1.29 is 86.3 Å². The van der Waals surface area contributed by atoms with Crippen molar-refractivity contribution in [3.8, 4) is 23.7 Å². The number of anilines is 1. The minimum absolute atomic E-state index is 0. The standard InChI is InChI=1S/C27H36FN3O5.C25H42N4O4.C18H35N3O4.C9H11FO2.C7H6BrNO2.2CH4/c28-27(10-4-2-1-3-5-11-27)24(32)18-22-6-8-23(9-7-22)19-29-12-14-30(20-25(33)34)16-17-31(15-13-29)21-26(35)36;1-24(2,3)32-22(30)18-28-13-11-27(17-20-7-9-21(26)10-8-20)12-14-29(16-15-28)19-23(31)33-25(4,5)6;1-17(2,3)24-15(22)13-20-9-7-19-8-10-21(12-11-20)14-16(23)25-18(4,5)6;10-9(8(11)12)6-4-2-1-3-5-7-9;8-5-6-1-3-7(4-2-6)9(10)11;;/h6-9H,1-4,10,12-21H2,(H,33,34)(H,35,36);7-10H,11-19,26H2,1-6H3;19H,7-14H2,1-6H3;1-4,6H2,(H,11,12);1-4H,5H2;2*1H4. The lowest BCUT2D eigenvalue weighted by molar-refractivity contribution is -0.384. The molecule has 3 fully saturated rings. The van der Waals surface area contributed by atoms with Gasteiger partial charge in [0.25, 0.3) is 11.4 Å². The molecule has 6 N–H and O–H groups in total. The molecule has 0 bridgehead atoms. The van der Waals surface area contributed by atoms with E-state index in [1.807, 2.05) is 141 Å². The van der Waals surface area contributed by atoms with Crippen LogP contribution in [0.1, 0.15) is 184 Å². The zero-order valence-electron chi connectivity index (χ0n) is 71.1. The number of esters is 4. The number of ether oxygens (including phenoxy) is 4. The number of aliphatic carboxylic acids is 3. The Labute approximate surface area is 714 Å². The largest absolute Gasteiger partial charge is 0.480 e. The Hall–Kier alpha value is -8.08. The third-order valence-electron chi connectivity index (χ3n) is 18.6. The van der Waals surface area contributed by atoms with Crippen LogP contribution in [0.5, 0.6) is 0 Å². The van der Waals surface area contributed by atoms with Gasteiger partial charge in [-0.2, -0.15) is 0 Å². The number of carboxylic acid groups (broad SMARTS) is 3. The molecule has 0 amide bonds. The van der Waals surface area contributed by atoms with Crippen molar-refractivity contribution in [2.24, 2.45) is 0 Å². The van der Waals surface area contributed by atoms with Crippen LogP contribution in [0, 0.1) is 33.8 Å². The van der Waals surface area contributed by atoms with Crippen LogP contribution in [-0.4, -0.2) is 298 Å². The second-order valence-corrected chi connectivity index (χ2v) is 34.5. The summed E-state index contributed by atoms with van der Waals surface area (Å²) in [7, 11) is 0. The van der Waals surface area contributed by atoms with Gasteiger partial charge in [0.05, 0.1) is 44.2 Å². The normalized spacial score (nSPS) is 19.6. The number of Topliss-reactive ketones (excluding diaryl/α,β-unsaturated/α-hetero) is 1. The van der Waals surface area contributed by atoms with E-state index in [0.717, 1.165) is 112 Å². The molecule has 2 unspecified atom stereocenters. The lowest BCUT2D eigenvalue weighted by Crippen LogP contribution is -2.42. The molecule has 0 spiro atoms. The summed E-state index contributed by atoms with van der Waals surface area (Å²) in [6, 6.07) is 21.9. The number of hydrogen-bond acceptors (Lipinski definition) is 24. The third-order valence-corrected chi connectivity index (χ3v) is 19.3. The van der Waals surface area contributed by atoms with Gasteiger partial charge in [0.15, 0.2) is 5.78 Å². The van der Waals surface area contributed by atoms with E-state index in [0.29, 0.717) is 97.7 Å². The summed E-state index contributed by atoms with van der Waals surface area (Å²) in [5, 5.41) is 41.2. The van der Waals surface area contributed by atoms with Crippen LogP contribution in [0.3, 0.4) is 0 Å². The van der Waals surface area contributed by atoms with Gasteiger partial charge in [0.2, 0.25) is 5.67 Å². The van der Waals surface area contributed by atoms with Gasteiger partial charge in [-0.15, -0.1) is 0 Å². The molecule has 2 atom stereocenters. The number of halogens is 3. The van der Waals surface area contributed by atoms with Crippen molar-refractivity contribution in [1.29, 1.82) is 0 Å². The van der Waals surface area contributed by atoms with E-state index in [1.54, 1.807) is 12.1 Å². The smallest absolute Gasteiger partial charge is 0.354 e. The van der Waals surface area contributed by atoms with E-state index in [-0.39, 0.29) is 103 Å². The van der Waals surface area contributed by atoms with E-state index in [9.17, 15) is 63.1 Å². The number of ketones is 1. The average molecular weight is 1740 g/mol. The maximum atomic E-state index is 15.2. The lowest BCUT2D eigenvalue weighted by atomic mass is 9.88. The fraction of sp³-hybridized carbons (Fsp3) is 0.659. The van der Waals surface area contributed by atoms with E-state index in [1.165, 1.54) is 17.7 Å². The third kappa shape index (κ3) is 48.2. The van der Waals surface area contributed by atoms with Crippen molar-refractivity contribution in [3.05, 3.63) is 105 Å². The molecule has 3 saturated heterocycles. The van der Waals surface area contributed by atoms with Crippen LogP contribution in [0.2, 0.25) is 0 Å². The Morgan fingerprint density at radius 2 is 0.739 bits per heavy atom. The predicted octanol–water partition coefficient (Wildman–Crippen LogP) is 10.8. The van der Waals surface area contributed by atoms with E-state index >= 15 is 4.39 Å². The monoisotopic (exact) mass is 1740 g/mol. The van der Waals surface area contributed by atoms with Crippen LogP contribution in [0.4, 0.5) is 20.2 Å². The maximum Gasteiger partial charge on any atom is 0.354 e. The Balaban J connectivity index is 0.000000533. The Morgan fingerprint density at radius 3 is 1.06 bits per heavy atom. The van der Waals surface area contributed by atoms with Crippen molar-refractivity contribution in [2.45, 2.75) is 221 Å². The molecule has 0 aromatic heterocycles. The number of rotatable bonds is 22. The van der Waals surface area contributed by atoms with Gasteiger partial charge in [0.1, 0.15) is 22.4 Å². The quantitative estimate of drug-likeness (QED) is 0.0119. The highest BCUT2D eigenvalue weighted by Crippen LogP contribution is 2.27. The first-order valence-electron chi connectivity index (χ1n) is 40.5. The van der Waals surface area contributed by atoms with Gasteiger partial charge in [-0.3, -0.25) is 82.9 Å². The molecule has 8 rings (SSSR count). The summed E-state index contributed by atoms with van der Waals surface area (Å²) in [5.74, 6) is 5.49. The Bertz CT molecular complexity index is 3630. The van der Waals surface area contributed by atoms with E-state index < -0.39 is 62.4 Å². The fourth-order valence-corrected chi connectivity index (χ4v) is 13.1. The van der Waals surface area contributed by atoms with Crippen LogP contribution in [-0.2, 0) is 82.1 Å². The molecule has 5 aliphatic rings. The number of nitro groups is 1. The highest BCUT2D eigenvalue weighted by atomic mass is 79.9. The molecule has 2 aliphatic carbocycles. The summed E-state index contributed by atoms with van der Waals surface area (Å²) in [6.07, 6.45) is 6.35. The molecule has 0 radical (unpaired) electrons. The van der Waals surface area contributed by atoms with Crippen LogP contribution in [0.15, 0.2) is 72.8 Å². The van der Waals surface area contributed by atoms with E-state index in [2.05, 4.69) is 74.3 Å². The topological polar surface area (TPSA) is 341 Å². The van der Waals surface area contributed by atoms with Crippen LogP contribution in [0.25, 0.3) is 0 Å². The fourth-order valence-electron chi connectivity index (χ4n) is 12.7. The van der Waals surface area contributed by atoms with Crippen LogP contribution >= 0.6 is 15.9 Å². The first-order valence-corrected chi connectivity index (χ1v) is 41.6. The van der Waals surface area contributed by atoms with Crippen molar-refractivity contribution >= 4 is 74.9 Å². The molecular formula is C88H138BrF2N11O17. The molecule has 668 valence electrons. The Kier molecular flexibility index (Phi) is 48.2. The first kappa shape index (κ1) is 107. The number of nitrogens with zero attached hydrogens (tertiary/aromatic N) is 9. The summed E-state index contributed by atoms with van der Waals surface area (Å²) in [6.45, 7) is 37.2. The number of nitrogens with one attached hydrogen (secondary N) is 1. The van der Waals surface area contributed by atoms with Gasteiger partial charge in [-0.1, -0.05) is 116 Å². The molecule has 31 heteroatoms. The minimum Gasteiger partial charge on any atom is -0.480 e. The molecule has 3 aliphatic heterocycles. The SMILES string of the molecule is C.C.CC(C)(C)OC(=O)CN1CCN(CC(=O)OC(C)(C)C)CCN(Cc2ccc(N)cc2)CC1.CC(C)(C)OC(=O)CN1CCNCCN(CC(=O)OC(C)(C)C)CC1.O=C(O)C1(F)C#CCCCCC1.O=C(O)CN1CCN(CC(=O)O)CCN(Cc2ccc(CC(=O)C3(F)C#CCCCCC3)cc2)CC1.O=[N+]([O-])c1ccc(CBr)cc1. The molecule has 3 heterocycles. The number of hydrogen-bond donors (Lipinski definition) is 5. The maximum absolute atomic E-state index is 15.2. The zero-order valence-corrected chi connectivity index (χ0v) is 72.7. The number of carboxylic acids is 3. The number of non-ortho nitro benzene ring substituents is 1. The molecule has 0 saturated carbocycles. The average Bonchev–Trinajstić information content (AvgIpc) is 1.29. The second-order valence-electron chi connectivity index (χ2n) is 33.9. The minimum atomic E-state index is -2.29. The van der Waals surface area contributed by atoms with Gasteiger partial charge in [-0.25, -0.2) is 13.6 Å². The van der Waals surface area contributed by atoms with Crippen molar-refractivity contribution in [2.75, 3.05) is 163 Å². The summed E-state index contributed by atoms with van der Waals surface area (Å²) >= 11 is 3.25. The van der Waals surface area contributed by atoms with E-state index in [4.69, 9.17) is 29.8 Å². The van der Waals surface area contributed by atoms with Gasteiger partial charge < -0.3 is 45.3 Å². The summed E-state index contributed by atoms with van der Waals surface area (Å²) in [5.41, 5.74) is 4.36.